The maximum atomic E-state index is 12.4. The van der Waals surface area contributed by atoms with E-state index in [-0.39, 0.29) is 16.7 Å². The first-order valence-electron chi connectivity index (χ1n) is 8.72. The molecule has 0 aromatic heterocycles. The van der Waals surface area contributed by atoms with Crippen molar-refractivity contribution in [2.24, 2.45) is 0 Å². The molecule has 0 atom stereocenters. The zero-order valence-corrected chi connectivity index (χ0v) is 15.8. The van der Waals surface area contributed by atoms with Crippen LogP contribution < -0.4 is 4.90 Å². The summed E-state index contributed by atoms with van der Waals surface area (Å²) in [6.07, 6.45) is 1.46. The van der Waals surface area contributed by atoms with Crippen molar-refractivity contribution in [1.82, 2.24) is 0 Å². The van der Waals surface area contributed by atoms with Crippen LogP contribution in [0.15, 0.2) is 60.3 Å². The van der Waals surface area contributed by atoms with Gasteiger partial charge in [-0.3, -0.25) is 14.9 Å². The van der Waals surface area contributed by atoms with Gasteiger partial charge in [0.15, 0.2) is 12.4 Å². The van der Waals surface area contributed by atoms with Gasteiger partial charge in [-0.15, -0.1) is 0 Å². The van der Waals surface area contributed by atoms with E-state index in [0.29, 0.717) is 0 Å². The molecule has 1 heterocycles. The third-order valence-corrected chi connectivity index (χ3v) is 4.90. The molecule has 0 bridgehead atoms. The second kappa shape index (κ2) is 7.26. The highest BCUT2D eigenvalue weighted by atomic mass is 16.6. The zero-order valence-electron chi connectivity index (χ0n) is 15.8. The minimum Gasteiger partial charge on any atom is -0.454 e. The maximum absolute atomic E-state index is 12.4. The van der Waals surface area contributed by atoms with Crippen molar-refractivity contribution in [2.75, 3.05) is 18.6 Å². The van der Waals surface area contributed by atoms with Crippen LogP contribution in [0.2, 0.25) is 0 Å². The largest absolute Gasteiger partial charge is 0.454 e. The van der Waals surface area contributed by atoms with Gasteiger partial charge in [-0.1, -0.05) is 44.2 Å². The van der Waals surface area contributed by atoms with E-state index in [1.165, 1.54) is 30.3 Å². The molecular formula is C21H20N2O5. The summed E-state index contributed by atoms with van der Waals surface area (Å²) in [5.41, 5.74) is 2.00. The number of ether oxygens (including phenoxy) is 1. The number of para-hydroxylation sites is 2. The van der Waals surface area contributed by atoms with Crippen molar-refractivity contribution in [2.45, 2.75) is 19.3 Å². The lowest BCUT2D eigenvalue weighted by atomic mass is 9.83. The molecule has 0 N–H and O–H groups in total. The summed E-state index contributed by atoms with van der Waals surface area (Å²) >= 11 is 0. The zero-order chi connectivity index (χ0) is 20.5. The molecule has 0 saturated heterocycles. The third-order valence-electron chi connectivity index (χ3n) is 4.90. The number of carbonyl (C=O) groups excluding carboxylic acids is 2. The SMILES string of the molecule is CN1C(=CC(=O)COC(=O)c2ccccc2[N+](=O)[O-])C(C)(C)c2ccccc21. The summed E-state index contributed by atoms with van der Waals surface area (Å²) in [6, 6.07) is 13.4. The fraction of sp³-hybridized carbons (Fsp3) is 0.238. The number of nitro benzene ring substituents is 1. The molecule has 28 heavy (non-hydrogen) atoms. The van der Waals surface area contributed by atoms with Crippen LogP contribution in [0.5, 0.6) is 0 Å². The number of fused-ring (bicyclic) bond motifs is 1. The van der Waals surface area contributed by atoms with Gasteiger partial charge < -0.3 is 9.64 Å². The predicted molar refractivity (Wildman–Crippen MR) is 104 cm³/mol. The minimum atomic E-state index is -0.902. The first-order chi connectivity index (χ1) is 13.2. The van der Waals surface area contributed by atoms with Crippen molar-refractivity contribution in [3.63, 3.8) is 0 Å². The van der Waals surface area contributed by atoms with E-state index in [1.807, 2.05) is 50.1 Å². The molecule has 0 saturated carbocycles. The number of allylic oxidation sites excluding steroid dienone is 1. The van der Waals surface area contributed by atoms with Crippen LogP contribution in [-0.2, 0) is 14.9 Å². The average Bonchev–Trinajstić information content (AvgIpc) is 2.87. The van der Waals surface area contributed by atoms with Crippen LogP contribution in [0.3, 0.4) is 0 Å². The quantitative estimate of drug-likeness (QED) is 0.341. The van der Waals surface area contributed by atoms with E-state index in [2.05, 4.69) is 0 Å². The molecule has 0 aliphatic carbocycles. The number of benzene rings is 2. The number of nitro groups is 1. The molecule has 0 radical (unpaired) electrons. The van der Waals surface area contributed by atoms with Gasteiger partial charge in [0.2, 0.25) is 0 Å². The lowest BCUT2D eigenvalue weighted by Crippen LogP contribution is -2.25. The minimum absolute atomic E-state index is 0.182. The van der Waals surface area contributed by atoms with Gasteiger partial charge in [0.05, 0.1) is 4.92 Å². The van der Waals surface area contributed by atoms with Crippen molar-refractivity contribution in [1.29, 1.82) is 0 Å². The summed E-state index contributed by atoms with van der Waals surface area (Å²) in [5, 5.41) is 11.0. The van der Waals surface area contributed by atoms with Gasteiger partial charge >= 0.3 is 5.97 Å². The second-order valence-electron chi connectivity index (χ2n) is 7.05. The summed E-state index contributed by atoms with van der Waals surface area (Å²) in [6.45, 7) is 3.55. The van der Waals surface area contributed by atoms with E-state index >= 15 is 0 Å². The first kappa shape index (κ1) is 19.3. The molecule has 0 spiro atoms. The number of hydrogen-bond donors (Lipinski definition) is 0. The summed E-state index contributed by atoms with van der Waals surface area (Å²) in [4.78, 5) is 36.9. The molecule has 144 valence electrons. The molecule has 2 aromatic rings. The molecule has 3 rings (SSSR count). The maximum Gasteiger partial charge on any atom is 0.345 e. The van der Waals surface area contributed by atoms with Crippen LogP contribution in [0.25, 0.3) is 0 Å². The first-order valence-corrected chi connectivity index (χ1v) is 8.72. The molecule has 2 aromatic carbocycles. The molecule has 0 amide bonds. The third kappa shape index (κ3) is 3.38. The van der Waals surface area contributed by atoms with Crippen LogP contribution >= 0.6 is 0 Å². The van der Waals surface area contributed by atoms with E-state index in [0.717, 1.165) is 16.9 Å². The fourth-order valence-electron chi connectivity index (χ4n) is 3.47. The van der Waals surface area contributed by atoms with Crippen molar-refractivity contribution >= 4 is 23.1 Å². The Balaban J connectivity index is 1.75. The Bertz CT molecular complexity index is 994. The molecule has 0 unspecified atom stereocenters. The lowest BCUT2D eigenvalue weighted by molar-refractivity contribution is -0.385. The van der Waals surface area contributed by atoms with Crippen LogP contribution in [0.4, 0.5) is 11.4 Å². The Kier molecular flexibility index (Phi) is 5.00. The Labute approximate surface area is 162 Å². The van der Waals surface area contributed by atoms with Gasteiger partial charge in [0, 0.05) is 36.0 Å². The Hall–Kier alpha value is -3.48. The van der Waals surface area contributed by atoms with Crippen LogP contribution in [0.1, 0.15) is 29.8 Å². The standard InChI is InChI=1S/C21H20N2O5/c1-21(2)16-9-5-7-11-18(16)22(3)19(21)12-14(24)13-28-20(25)15-8-4-6-10-17(15)23(26)27/h4-12H,13H2,1-3H3. The lowest BCUT2D eigenvalue weighted by Gasteiger charge is -2.23. The second-order valence-corrected chi connectivity index (χ2v) is 7.05. The summed E-state index contributed by atoms with van der Waals surface area (Å²) in [5.74, 6) is -1.30. The van der Waals surface area contributed by atoms with Crippen molar-refractivity contribution < 1.29 is 19.2 Å². The Morgan fingerprint density at radius 2 is 1.79 bits per heavy atom. The van der Waals surface area contributed by atoms with Crippen LogP contribution in [0, 0.1) is 10.1 Å². The molecule has 7 heteroatoms. The highest BCUT2D eigenvalue weighted by Gasteiger charge is 2.38. The summed E-state index contributed by atoms with van der Waals surface area (Å²) < 4.78 is 5.02. The van der Waals surface area contributed by atoms with Crippen molar-refractivity contribution in [3.05, 3.63) is 81.5 Å². The normalized spacial score (nSPS) is 16.0. The fourth-order valence-corrected chi connectivity index (χ4v) is 3.47. The average molecular weight is 380 g/mol. The van der Waals surface area contributed by atoms with Gasteiger partial charge in [0.25, 0.3) is 5.69 Å². The van der Waals surface area contributed by atoms with E-state index in [1.54, 1.807) is 0 Å². The molecule has 7 nitrogen and oxygen atoms in total. The van der Waals surface area contributed by atoms with E-state index in [9.17, 15) is 19.7 Å². The number of anilines is 1. The summed E-state index contributed by atoms with van der Waals surface area (Å²) in [7, 11) is 1.88. The Morgan fingerprint density at radius 3 is 2.46 bits per heavy atom. The topological polar surface area (TPSA) is 89.8 Å². The van der Waals surface area contributed by atoms with Gasteiger partial charge in [-0.05, 0) is 17.7 Å². The highest BCUT2D eigenvalue weighted by molar-refractivity contribution is 5.98. The number of likely N-dealkylation sites (N-methyl/N-ethyl adjacent to an activating group) is 1. The molecule has 1 aliphatic heterocycles. The van der Waals surface area contributed by atoms with Crippen molar-refractivity contribution in [3.8, 4) is 0 Å². The predicted octanol–water partition coefficient (Wildman–Crippen LogP) is 3.63. The number of hydrogen-bond acceptors (Lipinski definition) is 6. The monoisotopic (exact) mass is 380 g/mol. The van der Waals surface area contributed by atoms with Gasteiger partial charge in [0.1, 0.15) is 5.56 Å². The van der Waals surface area contributed by atoms with E-state index < -0.39 is 23.3 Å². The highest BCUT2D eigenvalue weighted by Crippen LogP contribution is 2.46. The number of ketones is 1. The molecule has 1 aliphatic rings. The number of esters is 1. The molecule has 0 fully saturated rings. The van der Waals surface area contributed by atoms with Gasteiger partial charge in [-0.2, -0.15) is 0 Å². The number of rotatable bonds is 5. The number of nitrogens with zero attached hydrogens (tertiary/aromatic N) is 2. The van der Waals surface area contributed by atoms with Gasteiger partial charge in [-0.25, -0.2) is 4.79 Å². The van der Waals surface area contributed by atoms with E-state index in [4.69, 9.17) is 4.74 Å². The molecular weight excluding hydrogens is 360 g/mol. The Morgan fingerprint density at radius 1 is 1.14 bits per heavy atom. The number of carbonyl (C=O) groups is 2. The smallest absolute Gasteiger partial charge is 0.345 e. The van der Waals surface area contributed by atoms with Crippen LogP contribution in [-0.4, -0.2) is 30.3 Å².